The Balaban J connectivity index is 1.29. The van der Waals surface area contributed by atoms with Crippen LogP contribution in [-0.2, 0) is 17.7 Å². The van der Waals surface area contributed by atoms with E-state index >= 15 is 0 Å². The fraction of sp³-hybridized carbons (Fsp3) is 0.450. The van der Waals surface area contributed by atoms with Crippen LogP contribution < -0.4 is 10.6 Å². The number of anilines is 1. The molecule has 1 fully saturated rings. The summed E-state index contributed by atoms with van der Waals surface area (Å²) in [6.07, 6.45) is 1.58. The van der Waals surface area contributed by atoms with Gasteiger partial charge in [0.25, 0.3) is 5.91 Å². The predicted molar refractivity (Wildman–Crippen MR) is 109 cm³/mol. The fourth-order valence-electron chi connectivity index (χ4n) is 3.51. The Morgan fingerprint density at radius 3 is 2.86 bits per heavy atom. The SMILES string of the molecule is O=C(NC[C@H](O)CN1CCc2ccccc2C1)c1ncnc(NC2COC2)c1Cl. The predicted octanol–water partition coefficient (Wildman–Crippen LogP) is 1.09. The maximum atomic E-state index is 12.5. The first kappa shape index (κ1) is 20.0. The topological polar surface area (TPSA) is 99.6 Å². The van der Waals surface area contributed by atoms with Gasteiger partial charge in [-0.25, -0.2) is 9.97 Å². The van der Waals surface area contributed by atoms with Crippen LogP contribution >= 0.6 is 11.6 Å². The molecule has 0 bridgehead atoms. The number of halogens is 1. The van der Waals surface area contributed by atoms with Crippen LogP contribution in [0.5, 0.6) is 0 Å². The van der Waals surface area contributed by atoms with Gasteiger partial charge in [-0.15, -0.1) is 0 Å². The second kappa shape index (κ2) is 9.04. The average Bonchev–Trinajstić information content (AvgIpc) is 2.70. The summed E-state index contributed by atoms with van der Waals surface area (Å²) in [4.78, 5) is 22.8. The lowest BCUT2D eigenvalue weighted by Gasteiger charge is -2.30. The van der Waals surface area contributed by atoms with Gasteiger partial charge < -0.3 is 20.5 Å². The highest BCUT2D eigenvalue weighted by Crippen LogP contribution is 2.23. The lowest BCUT2D eigenvalue weighted by molar-refractivity contribution is 0.0209. The lowest BCUT2D eigenvalue weighted by Crippen LogP contribution is -2.42. The molecule has 2 aliphatic rings. The highest BCUT2D eigenvalue weighted by Gasteiger charge is 2.23. The van der Waals surface area contributed by atoms with Crippen LogP contribution in [0, 0.1) is 0 Å². The Hall–Kier alpha value is -2.26. The number of nitrogens with zero attached hydrogens (tertiary/aromatic N) is 3. The first-order valence-corrected chi connectivity index (χ1v) is 10.1. The van der Waals surface area contributed by atoms with Crippen molar-refractivity contribution in [3.8, 4) is 0 Å². The molecule has 29 heavy (non-hydrogen) atoms. The number of aliphatic hydroxyl groups is 1. The van der Waals surface area contributed by atoms with Crippen molar-refractivity contribution in [2.75, 3.05) is 38.2 Å². The van der Waals surface area contributed by atoms with Gasteiger partial charge in [-0.3, -0.25) is 9.69 Å². The Morgan fingerprint density at radius 1 is 1.31 bits per heavy atom. The Bertz CT molecular complexity index is 877. The third kappa shape index (κ3) is 4.84. The van der Waals surface area contributed by atoms with Crippen LogP contribution in [0.2, 0.25) is 5.02 Å². The molecule has 1 aromatic carbocycles. The zero-order valence-corrected chi connectivity index (χ0v) is 16.7. The van der Waals surface area contributed by atoms with E-state index in [2.05, 4.69) is 43.7 Å². The number of hydrogen-bond acceptors (Lipinski definition) is 7. The van der Waals surface area contributed by atoms with Crippen molar-refractivity contribution in [2.45, 2.75) is 25.1 Å². The van der Waals surface area contributed by atoms with Crippen LogP contribution in [0.4, 0.5) is 5.82 Å². The fourth-order valence-corrected chi connectivity index (χ4v) is 3.75. The molecule has 3 N–H and O–H groups in total. The van der Waals surface area contributed by atoms with E-state index < -0.39 is 12.0 Å². The standard InChI is InChI=1S/C20H24ClN5O3/c21-17-18(23-12-24-19(17)25-15-10-29-11-15)20(28)22-7-16(27)9-26-6-5-13-3-1-2-4-14(13)8-26/h1-4,12,15-16,27H,5-11H2,(H,22,28)(H,23,24,25)/t16-/m0/s1. The molecular formula is C20H24ClN5O3. The van der Waals surface area contributed by atoms with Crippen LogP contribution in [0.15, 0.2) is 30.6 Å². The van der Waals surface area contributed by atoms with E-state index in [9.17, 15) is 9.90 Å². The van der Waals surface area contributed by atoms with Crippen LogP contribution in [-0.4, -0.2) is 70.9 Å². The number of aliphatic hydroxyl groups excluding tert-OH is 1. The van der Waals surface area contributed by atoms with Crippen molar-refractivity contribution in [3.05, 3.63) is 52.4 Å². The van der Waals surface area contributed by atoms with Crippen molar-refractivity contribution in [1.82, 2.24) is 20.2 Å². The third-order valence-electron chi connectivity index (χ3n) is 5.16. The Morgan fingerprint density at radius 2 is 2.10 bits per heavy atom. The van der Waals surface area contributed by atoms with Crippen molar-refractivity contribution in [3.63, 3.8) is 0 Å². The maximum Gasteiger partial charge on any atom is 0.271 e. The van der Waals surface area contributed by atoms with E-state index in [1.807, 2.05) is 6.07 Å². The number of aromatic nitrogens is 2. The highest BCUT2D eigenvalue weighted by molar-refractivity contribution is 6.35. The summed E-state index contributed by atoms with van der Waals surface area (Å²) in [5.41, 5.74) is 2.74. The molecule has 2 aliphatic heterocycles. The molecule has 154 valence electrons. The lowest BCUT2D eigenvalue weighted by atomic mass is 10.00. The van der Waals surface area contributed by atoms with Gasteiger partial charge in [-0.05, 0) is 17.5 Å². The van der Waals surface area contributed by atoms with Gasteiger partial charge in [-0.1, -0.05) is 35.9 Å². The number of benzene rings is 1. The summed E-state index contributed by atoms with van der Waals surface area (Å²) in [7, 11) is 0. The molecule has 9 heteroatoms. The quantitative estimate of drug-likeness (QED) is 0.620. The van der Waals surface area contributed by atoms with Gasteiger partial charge in [0.15, 0.2) is 5.69 Å². The second-order valence-electron chi connectivity index (χ2n) is 7.38. The molecule has 2 aromatic rings. The Labute approximate surface area is 174 Å². The summed E-state index contributed by atoms with van der Waals surface area (Å²) >= 11 is 6.29. The zero-order chi connectivity index (χ0) is 20.2. The van der Waals surface area contributed by atoms with Crippen molar-refractivity contribution >= 4 is 23.3 Å². The van der Waals surface area contributed by atoms with Gasteiger partial charge in [0, 0.05) is 26.2 Å². The molecule has 0 saturated carbocycles. The summed E-state index contributed by atoms with van der Waals surface area (Å²) in [6, 6.07) is 8.49. The summed E-state index contributed by atoms with van der Waals surface area (Å²) in [5.74, 6) is -0.0269. The van der Waals surface area contributed by atoms with Crippen molar-refractivity contribution < 1.29 is 14.6 Å². The molecule has 1 amide bonds. The number of β-amino-alcohol motifs (C(OH)–C–C–N with tert-alkyl or cyclic N) is 1. The first-order chi connectivity index (χ1) is 14.1. The molecule has 8 nitrogen and oxygen atoms in total. The summed E-state index contributed by atoms with van der Waals surface area (Å²) in [5, 5.41) is 16.4. The zero-order valence-electron chi connectivity index (χ0n) is 16.0. The summed E-state index contributed by atoms with van der Waals surface area (Å²) < 4.78 is 5.11. The average molecular weight is 418 g/mol. The minimum Gasteiger partial charge on any atom is -0.390 e. The van der Waals surface area contributed by atoms with Gasteiger partial charge in [0.1, 0.15) is 17.2 Å². The number of nitrogens with one attached hydrogen (secondary N) is 2. The normalized spacial score (nSPS) is 17.9. The second-order valence-corrected chi connectivity index (χ2v) is 7.76. The molecular weight excluding hydrogens is 394 g/mol. The van der Waals surface area contributed by atoms with E-state index in [0.717, 1.165) is 19.5 Å². The molecule has 1 atom stereocenters. The summed E-state index contributed by atoms with van der Waals surface area (Å²) in [6.45, 7) is 3.46. The number of ether oxygens (including phenoxy) is 1. The molecule has 1 saturated heterocycles. The van der Waals surface area contributed by atoms with E-state index in [4.69, 9.17) is 16.3 Å². The number of hydrogen-bond donors (Lipinski definition) is 3. The van der Waals surface area contributed by atoms with Gasteiger partial charge in [-0.2, -0.15) is 0 Å². The number of rotatable bonds is 7. The largest absolute Gasteiger partial charge is 0.390 e. The van der Waals surface area contributed by atoms with E-state index in [1.54, 1.807) is 0 Å². The van der Waals surface area contributed by atoms with E-state index in [0.29, 0.717) is 25.6 Å². The number of amides is 1. The number of carbonyl (C=O) groups excluding carboxylic acids is 1. The monoisotopic (exact) mass is 417 g/mol. The molecule has 1 aromatic heterocycles. The van der Waals surface area contributed by atoms with Crippen molar-refractivity contribution in [1.29, 1.82) is 0 Å². The van der Waals surface area contributed by atoms with Crippen LogP contribution in [0.1, 0.15) is 21.6 Å². The molecule has 0 spiro atoms. The van der Waals surface area contributed by atoms with Crippen LogP contribution in [0.25, 0.3) is 0 Å². The molecule has 0 radical (unpaired) electrons. The minimum absolute atomic E-state index is 0.0866. The maximum absolute atomic E-state index is 12.5. The molecule has 0 unspecified atom stereocenters. The van der Waals surface area contributed by atoms with Gasteiger partial charge in [0.2, 0.25) is 0 Å². The van der Waals surface area contributed by atoms with Crippen LogP contribution in [0.3, 0.4) is 0 Å². The smallest absolute Gasteiger partial charge is 0.271 e. The number of carbonyl (C=O) groups is 1. The first-order valence-electron chi connectivity index (χ1n) is 9.70. The third-order valence-corrected chi connectivity index (χ3v) is 5.52. The molecule has 0 aliphatic carbocycles. The Kier molecular flexibility index (Phi) is 6.25. The molecule has 4 rings (SSSR count). The van der Waals surface area contributed by atoms with Crippen molar-refractivity contribution in [2.24, 2.45) is 0 Å². The van der Waals surface area contributed by atoms with E-state index in [1.165, 1.54) is 17.5 Å². The highest BCUT2D eigenvalue weighted by atomic mass is 35.5. The molecule has 3 heterocycles. The van der Waals surface area contributed by atoms with Gasteiger partial charge >= 0.3 is 0 Å². The van der Waals surface area contributed by atoms with Gasteiger partial charge in [0.05, 0.1) is 25.4 Å². The number of fused-ring (bicyclic) bond motifs is 1. The van der Waals surface area contributed by atoms with E-state index in [-0.39, 0.29) is 23.3 Å². The minimum atomic E-state index is -0.686.